The maximum atomic E-state index is 13.4. The highest BCUT2D eigenvalue weighted by Gasteiger charge is 2.24. The fourth-order valence-corrected chi connectivity index (χ4v) is 4.77. The van der Waals surface area contributed by atoms with Crippen molar-refractivity contribution >= 4 is 5.91 Å². The fourth-order valence-electron chi connectivity index (χ4n) is 4.77. The molecule has 1 aliphatic rings. The average molecular weight is 529 g/mol. The summed E-state index contributed by atoms with van der Waals surface area (Å²) in [6.45, 7) is 6.05. The second kappa shape index (κ2) is 11.4. The molecule has 2 aromatic carbocycles. The number of likely N-dealkylation sites (tertiary alicyclic amines) is 1. The number of amides is 1. The van der Waals surface area contributed by atoms with Crippen LogP contribution in [-0.2, 0) is 18.5 Å². The summed E-state index contributed by atoms with van der Waals surface area (Å²) in [7, 11) is 5.64. The molecule has 0 radical (unpaired) electrons. The van der Waals surface area contributed by atoms with Crippen LogP contribution in [0.1, 0.15) is 40.9 Å². The molecule has 1 saturated heterocycles. The number of hydrogen-bond acceptors (Lipinski definition) is 6. The SMILES string of the molecule is COCn1ccc(-c2cc(-c3cnn(C)c3)cc([C@@H](C)NC(=O)c3cc(OC[C@@H]4CCN4C)ccc3C)c2)n1. The molecule has 5 rings (SSSR count). The van der Waals surface area contributed by atoms with Crippen LogP contribution in [0.25, 0.3) is 22.4 Å². The molecule has 204 valence electrons. The topological polar surface area (TPSA) is 86.4 Å². The molecule has 4 aromatic rings. The molecule has 39 heavy (non-hydrogen) atoms. The van der Waals surface area contributed by atoms with Crippen LogP contribution < -0.4 is 10.1 Å². The number of carbonyl (C=O) groups is 1. The van der Waals surface area contributed by atoms with Gasteiger partial charge in [0.2, 0.25) is 0 Å². The van der Waals surface area contributed by atoms with Crippen molar-refractivity contribution in [1.29, 1.82) is 0 Å². The van der Waals surface area contributed by atoms with Gasteiger partial charge in [0.15, 0.2) is 0 Å². The minimum Gasteiger partial charge on any atom is -0.492 e. The van der Waals surface area contributed by atoms with Crippen LogP contribution in [-0.4, -0.2) is 63.7 Å². The molecule has 0 spiro atoms. The summed E-state index contributed by atoms with van der Waals surface area (Å²) in [5, 5.41) is 12.2. The second-order valence-electron chi connectivity index (χ2n) is 10.3. The predicted molar refractivity (Wildman–Crippen MR) is 150 cm³/mol. The number of aromatic nitrogens is 4. The van der Waals surface area contributed by atoms with E-state index < -0.39 is 0 Å². The van der Waals surface area contributed by atoms with Gasteiger partial charge in [-0.15, -0.1) is 0 Å². The Morgan fingerprint density at radius 1 is 1.13 bits per heavy atom. The van der Waals surface area contributed by atoms with Gasteiger partial charge < -0.3 is 14.8 Å². The van der Waals surface area contributed by atoms with Crippen molar-refractivity contribution in [1.82, 2.24) is 29.8 Å². The smallest absolute Gasteiger partial charge is 0.252 e. The lowest BCUT2D eigenvalue weighted by Crippen LogP contribution is -2.48. The first-order chi connectivity index (χ1) is 18.8. The van der Waals surface area contributed by atoms with Crippen LogP contribution >= 0.6 is 0 Å². The molecule has 0 unspecified atom stereocenters. The van der Waals surface area contributed by atoms with Gasteiger partial charge in [0, 0.05) is 49.3 Å². The lowest BCUT2D eigenvalue weighted by Gasteiger charge is -2.37. The van der Waals surface area contributed by atoms with Crippen LogP contribution in [0, 0.1) is 6.92 Å². The third-order valence-corrected chi connectivity index (χ3v) is 7.37. The Labute approximate surface area is 229 Å². The molecule has 9 nitrogen and oxygen atoms in total. The molecule has 1 fully saturated rings. The third kappa shape index (κ3) is 6.05. The summed E-state index contributed by atoms with van der Waals surface area (Å²) in [5.41, 5.74) is 6.27. The van der Waals surface area contributed by atoms with E-state index in [9.17, 15) is 4.79 Å². The summed E-state index contributed by atoms with van der Waals surface area (Å²) < 4.78 is 14.8. The van der Waals surface area contributed by atoms with E-state index >= 15 is 0 Å². The number of methoxy groups -OCH3 is 1. The number of nitrogens with one attached hydrogen (secondary N) is 1. The molecule has 9 heteroatoms. The van der Waals surface area contributed by atoms with Crippen molar-refractivity contribution in [3.8, 4) is 28.1 Å². The first kappa shape index (κ1) is 26.6. The minimum atomic E-state index is -0.249. The van der Waals surface area contributed by atoms with E-state index in [1.807, 2.05) is 63.8 Å². The van der Waals surface area contributed by atoms with Crippen LogP contribution in [0.4, 0.5) is 0 Å². The second-order valence-corrected chi connectivity index (χ2v) is 10.3. The number of likely N-dealkylation sites (N-methyl/N-ethyl adjacent to an activating group) is 1. The number of ether oxygens (including phenoxy) is 2. The molecule has 2 atom stereocenters. The Bertz CT molecular complexity index is 1460. The summed E-state index contributed by atoms with van der Waals surface area (Å²) in [4.78, 5) is 15.7. The summed E-state index contributed by atoms with van der Waals surface area (Å²) in [6, 6.07) is 14.1. The highest BCUT2D eigenvalue weighted by atomic mass is 16.5. The van der Waals surface area contributed by atoms with Gasteiger partial charge in [0.05, 0.1) is 17.9 Å². The van der Waals surface area contributed by atoms with Crippen molar-refractivity contribution in [3.63, 3.8) is 0 Å². The van der Waals surface area contributed by atoms with E-state index in [0.29, 0.717) is 30.7 Å². The quantitative estimate of drug-likeness (QED) is 0.328. The van der Waals surface area contributed by atoms with Gasteiger partial charge in [0.25, 0.3) is 5.91 Å². The summed E-state index contributed by atoms with van der Waals surface area (Å²) in [5.74, 6) is 0.579. The van der Waals surface area contributed by atoms with Gasteiger partial charge in [-0.3, -0.25) is 14.4 Å². The molecule has 0 saturated carbocycles. The molecular weight excluding hydrogens is 492 g/mol. The largest absolute Gasteiger partial charge is 0.492 e. The molecule has 0 aliphatic carbocycles. The van der Waals surface area contributed by atoms with Crippen LogP contribution in [0.3, 0.4) is 0 Å². The standard InChI is InChI=1S/C30H36N6O3/c1-20-6-7-27(39-18-26-8-10-34(26)3)15-28(20)30(37)32-21(2)22-12-23(25-16-31-35(4)17-25)14-24(13-22)29-9-11-36(33-29)19-38-5/h6-7,9,11-17,21,26H,8,10,18-19H2,1-5H3,(H,32,37)/t21-,26+/m1/s1. The highest BCUT2D eigenvalue weighted by molar-refractivity contribution is 5.96. The van der Waals surface area contributed by atoms with Crippen molar-refractivity contribution in [3.05, 3.63) is 77.7 Å². The van der Waals surface area contributed by atoms with E-state index in [0.717, 1.165) is 46.5 Å². The zero-order valence-corrected chi connectivity index (χ0v) is 23.2. The fraction of sp³-hybridized carbons (Fsp3) is 0.367. The van der Waals surface area contributed by atoms with Crippen LogP contribution in [0.2, 0.25) is 0 Å². The van der Waals surface area contributed by atoms with Crippen LogP contribution in [0.15, 0.2) is 61.1 Å². The highest BCUT2D eigenvalue weighted by Crippen LogP contribution is 2.30. The Balaban J connectivity index is 1.38. The Morgan fingerprint density at radius 3 is 2.64 bits per heavy atom. The first-order valence-corrected chi connectivity index (χ1v) is 13.2. The first-order valence-electron chi connectivity index (χ1n) is 13.2. The Hall–Kier alpha value is -3.95. The zero-order chi connectivity index (χ0) is 27.5. The number of nitrogens with zero attached hydrogens (tertiary/aromatic N) is 5. The van der Waals surface area contributed by atoms with E-state index in [2.05, 4.69) is 45.7 Å². The maximum Gasteiger partial charge on any atom is 0.252 e. The van der Waals surface area contributed by atoms with Crippen molar-refractivity contribution in [2.45, 2.75) is 39.1 Å². The third-order valence-electron chi connectivity index (χ3n) is 7.37. The predicted octanol–water partition coefficient (Wildman–Crippen LogP) is 4.44. The van der Waals surface area contributed by atoms with Gasteiger partial charge in [-0.2, -0.15) is 10.2 Å². The Kier molecular flexibility index (Phi) is 7.81. The van der Waals surface area contributed by atoms with Gasteiger partial charge in [-0.1, -0.05) is 6.07 Å². The molecule has 2 aromatic heterocycles. The number of hydrogen-bond donors (Lipinski definition) is 1. The zero-order valence-electron chi connectivity index (χ0n) is 23.2. The maximum absolute atomic E-state index is 13.4. The normalized spacial score (nSPS) is 16.1. The van der Waals surface area contributed by atoms with Crippen molar-refractivity contribution < 1.29 is 14.3 Å². The number of carbonyl (C=O) groups excluding carboxylic acids is 1. The molecule has 1 aliphatic heterocycles. The molecule has 1 N–H and O–H groups in total. The van der Waals surface area contributed by atoms with Crippen molar-refractivity contribution in [2.24, 2.45) is 7.05 Å². The van der Waals surface area contributed by atoms with Gasteiger partial charge in [0.1, 0.15) is 19.1 Å². The molecule has 3 heterocycles. The van der Waals surface area contributed by atoms with Crippen molar-refractivity contribution in [2.75, 3.05) is 27.3 Å². The van der Waals surface area contributed by atoms with Gasteiger partial charge in [-0.05, 0) is 86.9 Å². The monoisotopic (exact) mass is 528 g/mol. The molecule has 1 amide bonds. The van der Waals surface area contributed by atoms with E-state index in [-0.39, 0.29) is 11.9 Å². The minimum absolute atomic E-state index is 0.135. The molecular formula is C30H36N6O3. The van der Waals surface area contributed by atoms with Gasteiger partial charge in [-0.25, -0.2) is 4.68 Å². The van der Waals surface area contributed by atoms with Gasteiger partial charge >= 0.3 is 0 Å². The van der Waals surface area contributed by atoms with Crippen LogP contribution in [0.5, 0.6) is 5.75 Å². The number of benzene rings is 2. The average Bonchev–Trinajstić information content (AvgIpc) is 3.58. The lowest BCUT2D eigenvalue weighted by atomic mass is 9.96. The van der Waals surface area contributed by atoms with E-state index in [4.69, 9.17) is 9.47 Å². The lowest BCUT2D eigenvalue weighted by molar-refractivity contribution is 0.0767. The Morgan fingerprint density at radius 2 is 1.95 bits per heavy atom. The number of aryl methyl sites for hydroxylation is 2. The number of rotatable bonds is 10. The summed E-state index contributed by atoms with van der Waals surface area (Å²) in [6.07, 6.45) is 6.85. The molecule has 0 bridgehead atoms. The van der Waals surface area contributed by atoms with E-state index in [1.165, 1.54) is 0 Å². The summed E-state index contributed by atoms with van der Waals surface area (Å²) >= 11 is 0. The van der Waals surface area contributed by atoms with E-state index in [1.54, 1.807) is 16.5 Å².